The molecule has 1 aromatic rings. The summed E-state index contributed by atoms with van der Waals surface area (Å²) in [7, 11) is 3.25. The quantitative estimate of drug-likeness (QED) is 0.624. The van der Waals surface area contributed by atoms with Crippen LogP contribution in [0.5, 0.6) is 5.75 Å². The van der Waals surface area contributed by atoms with Gasteiger partial charge in [0.25, 0.3) is 5.91 Å². The molecule has 70 valence electrons. The average molecular weight is 180 g/mol. The number of rotatable bonds is 1. The second-order valence-electron chi connectivity index (χ2n) is 2.98. The summed E-state index contributed by atoms with van der Waals surface area (Å²) in [5.74, 6) is -0.323. The Balaban J connectivity index is 3.09. The number of benzene rings is 1. The van der Waals surface area contributed by atoms with Crippen molar-refractivity contribution in [2.24, 2.45) is 0 Å². The molecule has 0 fully saturated rings. The van der Waals surface area contributed by atoms with Crippen LogP contribution >= 0.6 is 0 Å². The van der Waals surface area contributed by atoms with Crippen LogP contribution in [0.15, 0.2) is 18.2 Å². The molecule has 1 amide bonds. The van der Waals surface area contributed by atoms with Gasteiger partial charge in [0.15, 0.2) is 0 Å². The van der Waals surface area contributed by atoms with E-state index >= 15 is 0 Å². The topological polar surface area (TPSA) is 66.6 Å². The lowest BCUT2D eigenvalue weighted by Crippen LogP contribution is -2.21. The molecule has 0 aliphatic rings. The molecular formula is C9H12N2O2. The fraction of sp³-hybridized carbons (Fsp3) is 0.222. The lowest BCUT2D eigenvalue weighted by molar-refractivity contribution is 0.0824. The van der Waals surface area contributed by atoms with Crippen LogP contribution in [0.3, 0.4) is 0 Å². The van der Waals surface area contributed by atoms with Gasteiger partial charge in [-0.2, -0.15) is 0 Å². The first-order chi connectivity index (χ1) is 6.02. The van der Waals surface area contributed by atoms with Crippen molar-refractivity contribution >= 4 is 11.6 Å². The Morgan fingerprint density at radius 3 is 2.54 bits per heavy atom. The first kappa shape index (κ1) is 9.38. The third kappa shape index (κ3) is 1.90. The van der Waals surface area contributed by atoms with E-state index in [0.717, 1.165) is 0 Å². The van der Waals surface area contributed by atoms with Gasteiger partial charge in [0, 0.05) is 25.8 Å². The minimum absolute atomic E-state index is 0.0845. The van der Waals surface area contributed by atoms with Gasteiger partial charge in [0.05, 0.1) is 5.56 Å². The zero-order valence-electron chi connectivity index (χ0n) is 7.61. The second-order valence-corrected chi connectivity index (χ2v) is 2.98. The molecular weight excluding hydrogens is 168 g/mol. The van der Waals surface area contributed by atoms with Gasteiger partial charge in [-0.3, -0.25) is 4.79 Å². The number of amides is 1. The van der Waals surface area contributed by atoms with Crippen LogP contribution in [-0.2, 0) is 0 Å². The van der Waals surface area contributed by atoms with E-state index < -0.39 is 0 Å². The van der Waals surface area contributed by atoms with Gasteiger partial charge in [-0.25, -0.2) is 0 Å². The Bertz CT molecular complexity index is 334. The number of nitrogens with two attached hydrogens (primary N) is 1. The summed E-state index contributed by atoms with van der Waals surface area (Å²) in [6.45, 7) is 0. The molecule has 1 aromatic carbocycles. The van der Waals surface area contributed by atoms with E-state index in [1.165, 1.54) is 17.0 Å². The van der Waals surface area contributed by atoms with Crippen LogP contribution in [0.4, 0.5) is 5.69 Å². The van der Waals surface area contributed by atoms with Crippen LogP contribution in [0.2, 0.25) is 0 Å². The molecule has 0 radical (unpaired) electrons. The molecule has 0 bridgehead atoms. The SMILES string of the molecule is CN(C)C(=O)c1ccc(N)cc1O. The van der Waals surface area contributed by atoms with Gasteiger partial charge < -0.3 is 15.7 Å². The van der Waals surface area contributed by atoms with Crippen molar-refractivity contribution in [3.05, 3.63) is 23.8 Å². The van der Waals surface area contributed by atoms with Gasteiger partial charge >= 0.3 is 0 Å². The number of hydrogen-bond donors (Lipinski definition) is 2. The number of hydrogen-bond acceptors (Lipinski definition) is 3. The Morgan fingerprint density at radius 1 is 1.46 bits per heavy atom. The summed E-state index contributed by atoms with van der Waals surface area (Å²) in [5, 5.41) is 9.38. The van der Waals surface area contributed by atoms with E-state index in [2.05, 4.69) is 0 Å². The maximum atomic E-state index is 11.4. The molecule has 0 aliphatic carbocycles. The van der Waals surface area contributed by atoms with Gasteiger partial charge in [0.2, 0.25) is 0 Å². The van der Waals surface area contributed by atoms with Gasteiger partial charge in [-0.15, -0.1) is 0 Å². The lowest BCUT2D eigenvalue weighted by Gasteiger charge is -2.11. The van der Waals surface area contributed by atoms with Crippen LogP contribution < -0.4 is 5.73 Å². The normalized spacial score (nSPS) is 9.69. The molecule has 13 heavy (non-hydrogen) atoms. The van der Waals surface area contributed by atoms with Gasteiger partial charge in [-0.1, -0.05) is 0 Å². The number of aromatic hydroxyl groups is 1. The van der Waals surface area contributed by atoms with Crippen molar-refractivity contribution in [2.45, 2.75) is 0 Å². The summed E-state index contributed by atoms with van der Waals surface area (Å²) in [4.78, 5) is 12.8. The Morgan fingerprint density at radius 2 is 2.08 bits per heavy atom. The molecule has 0 saturated carbocycles. The predicted octanol–water partition coefficient (Wildman–Crippen LogP) is 0.676. The monoisotopic (exact) mass is 180 g/mol. The van der Waals surface area contributed by atoms with Crippen LogP contribution in [0.25, 0.3) is 0 Å². The highest BCUT2D eigenvalue weighted by Gasteiger charge is 2.12. The Labute approximate surface area is 76.6 Å². The van der Waals surface area contributed by atoms with Crippen molar-refractivity contribution < 1.29 is 9.90 Å². The average Bonchev–Trinajstić information content (AvgIpc) is 2.03. The molecule has 3 N–H and O–H groups in total. The fourth-order valence-corrected chi connectivity index (χ4v) is 0.970. The minimum atomic E-state index is -0.238. The van der Waals surface area contributed by atoms with Crippen molar-refractivity contribution in [3.63, 3.8) is 0 Å². The first-order valence-electron chi connectivity index (χ1n) is 3.82. The van der Waals surface area contributed by atoms with E-state index in [4.69, 9.17) is 5.73 Å². The predicted molar refractivity (Wildman–Crippen MR) is 50.5 cm³/mol. The molecule has 0 saturated heterocycles. The first-order valence-corrected chi connectivity index (χ1v) is 3.82. The number of nitrogen functional groups attached to an aromatic ring is 1. The van der Waals surface area contributed by atoms with Crippen molar-refractivity contribution in [2.75, 3.05) is 19.8 Å². The molecule has 4 nitrogen and oxygen atoms in total. The molecule has 0 unspecified atom stereocenters. The number of phenols is 1. The fourth-order valence-electron chi connectivity index (χ4n) is 0.970. The molecule has 0 aromatic heterocycles. The minimum Gasteiger partial charge on any atom is -0.507 e. The highest BCUT2D eigenvalue weighted by molar-refractivity contribution is 5.96. The number of anilines is 1. The Kier molecular flexibility index (Phi) is 2.41. The van der Waals surface area contributed by atoms with E-state index in [9.17, 15) is 9.90 Å². The van der Waals surface area contributed by atoms with Crippen molar-refractivity contribution in [1.29, 1.82) is 0 Å². The van der Waals surface area contributed by atoms with Crippen molar-refractivity contribution in [1.82, 2.24) is 4.90 Å². The third-order valence-electron chi connectivity index (χ3n) is 1.66. The molecule has 4 heteroatoms. The maximum absolute atomic E-state index is 11.4. The summed E-state index contributed by atoms with van der Waals surface area (Å²) in [5.41, 5.74) is 6.12. The maximum Gasteiger partial charge on any atom is 0.257 e. The summed E-state index contributed by atoms with van der Waals surface area (Å²) in [6, 6.07) is 4.44. The largest absolute Gasteiger partial charge is 0.507 e. The van der Waals surface area contributed by atoms with Crippen LogP contribution in [0.1, 0.15) is 10.4 Å². The van der Waals surface area contributed by atoms with Crippen LogP contribution in [-0.4, -0.2) is 30.0 Å². The molecule has 1 rings (SSSR count). The zero-order valence-corrected chi connectivity index (χ0v) is 7.61. The number of phenolic OH excluding ortho intramolecular Hbond substituents is 1. The van der Waals surface area contributed by atoms with Crippen LogP contribution in [0, 0.1) is 0 Å². The molecule has 0 spiro atoms. The third-order valence-corrected chi connectivity index (χ3v) is 1.66. The summed E-state index contributed by atoms with van der Waals surface area (Å²) < 4.78 is 0. The highest BCUT2D eigenvalue weighted by atomic mass is 16.3. The van der Waals surface area contributed by atoms with E-state index in [1.54, 1.807) is 20.2 Å². The molecule has 0 atom stereocenters. The van der Waals surface area contributed by atoms with E-state index in [-0.39, 0.29) is 17.2 Å². The standard InChI is InChI=1S/C9H12N2O2/c1-11(2)9(13)7-4-3-6(10)5-8(7)12/h3-5,12H,10H2,1-2H3. The van der Waals surface area contributed by atoms with E-state index in [0.29, 0.717) is 5.69 Å². The second kappa shape index (κ2) is 3.35. The van der Waals surface area contributed by atoms with Gasteiger partial charge in [-0.05, 0) is 12.1 Å². The summed E-state index contributed by atoms with van der Waals surface area (Å²) >= 11 is 0. The lowest BCUT2D eigenvalue weighted by atomic mass is 10.1. The Hall–Kier alpha value is -1.71. The van der Waals surface area contributed by atoms with E-state index in [1.807, 2.05) is 0 Å². The molecule has 0 aliphatic heterocycles. The van der Waals surface area contributed by atoms with Crippen molar-refractivity contribution in [3.8, 4) is 5.75 Å². The smallest absolute Gasteiger partial charge is 0.257 e. The zero-order chi connectivity index (χ0) is 10.0. The number of carbonyl (C=O) groups excluding carboxylic acids is 1. The summed E-state index contributed by atoms with van der Waals surface area (Å²) in [6.07, 6.45) is 0. The van der Waals surface area contributed by atoms with Gasteiger partial charge in [0.1, 0.15) is 5.75 Å². The highest BCUT2D eigenvalue weighted by Crippen LogP contribution is 2.20. The molecule has 0 heterocycles. The number of carbonyl (C=O) groups is 1. The number of nitrogens with zero attached hydrogens (tertiary/aromatic N) is 1.